The van der Waals surface area contributed by atoms with Gasteiger partial charge >= 0.3 is 0 Å². The SMILES string of the molecule is CCc1cc(C)c(F)cc1OCc1ccccc1.CCc1ccc(Br)cc1OCc1ccccc1. The van der Waals surface area contributed by atoms with Gasteiger partial charge in [-0.3, -0.25) is 0 Å². The van der Waals surface area contributed by atoms with Gasteiger partial charge in [-0.25, -0.2) is 4.39 Å². The molecule has 0 saturated carbocycles. The van der Waals surface area contributed by atoms with Crippen LogP contribution in [0.3, 0.4) is 0 Å². The third-order valence-corrected chi connectivity index (χ3v) is 6.10. The van der Waals surface area contributed by atoms with Gasteiger partial charge in [0.1, 0.15) is 30.5 Å². The number of ether oxygens (including phenoxy) is 2. The van der Waals surface area contributed by atoms with Crippen molar-refractivity contribution in [2.45, 2.75) is 46.8 Å². The summed E-state index contributed by atoms with van der Waals surface area (Å²) in [6, 6.07) is 29.6. The van der Waals surface area contributed by atoms with Gasteiger partial charge in [-0.1, -0.05) is 96.5 Å². The molecule has 0 fully saturated rings. The fourth-order valence-electron chi connectivity index (χ4n) is 3.56. The molecule has 0 spiro atoms. The van der Waals surface area contributed by atoms with Crippen molar-refractivity contribution in [3.05, 3.63) is 129 Å². The van der Waals surface area contributed by atoms with Crippen LogP contribution in [0.25, 0.3) is 0 Å². The highest BCUT2D eigenvalue weighted by Gasteiger charge is 2.07. The maximum Gasteiger partial charge on any atom is 0.129 e. The first-order valence-corrected chi connectivity index (χ1v) is 12.7. The fraction of sp³-hybridized carbons (Fsp3) is 0.226. The molecule has 0 saturated heterocycles. The molecule has 4 aromatic carbocycles. The number of hydrogen-bond acceptors (Lipinski definition) is 2. The minimum atomic E-state index is -0.213. The molecule has 0 aliphatic rings. The molecule has 0 aliphatic heterocycles. The van der Waals surface area contributed by atoms with E-state index in [2.05, 4.69) is 41.1 Å². The van der Waals surface area contributed by atoms with Crippen molar-refractivity contribution in [1.29, 1.82) is 0 Å². The Morgan fingerprint density at radius 1 is 0.657 bits per heavy atom. The van der Waals surface area contributed by atoms with Crippen LogP contribution in [0.15, 0.2) is 95.5 Å². The Hall–Kier alpha value is -3.11. The normalized spacial score (nSPS) is 10.3. The first-order valence-electron chi connectivity index (χ1n) is 11.9. The molecule has 4 heteroatoms. The van der Waals surface area contributed by atoms with Crippen LogP contribution in [0.1, 0.15) is 41.7 Å². The second-order valence-corrected chi connectivity index (χ2v) is 9.13. The summed E-state index contributed by atoms with van der Waals surface area (Å²) in [7, 11) is 0. The largest absolute Gasteiger partial charge is 0.489 e. The van der Waals surface area contributed by atoms with Crippen molar-refractivity contribution < 1.29 is 13.9 Å². The van der Waals surface area contributed by atoms with Gasteiger partial charge in [0.05, 0.1) is 0 Å². The zero-order valence-electron chi connectivity index (χ0n) is 20.6. The molecular weight excluding hydrogens is 503 g/mol. The van der Waals surface area contributed by atoms with Gasteiger partial charge in [0, 0.05) is 10.5 Å². The molecular formula is C31H32BrFO2. The van der Waals surface area contributed by atoms with Crippen LogP contribution < -0.4 is 9.47 Å². The molecule has 182 valence electrons. The van der Waals surface area contributed by atoms with Gasteiger partial charge in [0.15, 0.2) is 0 Å². The second-order valence-electron chi connectivity index (χ2n) is 8.22. The van der Waals surface area contributed by atoms with Crippen LogP contribution in [-0.2, 0) is 26.1 Å². The van der Waals surface area contributed by atoms with Crippen molar-refractivity contribution in [2.75, 3.05) is 0 Å². The highest BCUT2D eigenvalue weighted by molar-refractivity contribution is 9.10. The average molecular weight is 535 g/mol. The summed E-state index contributed by atoms with van der Waals surface area (Å²) in [6.07, 6.45) is 1.82. The maximum atomic E-state index is 13.5. The first kappa shape index (κ1) is 26.5. The molecule has 4 aromatic rings. The van der Waals surface area contributed by atoms with Crippen LogP contribution in [0.2, 0.25) is 0 Å². The maximum absolute atomic E-state index is 13.5. The predicted molar refractivity (Wildman–Crippen MR) is 146 cm³/mol. The molecule has 4 rings (SSSR count). The van der Waals surface area contributed by atoms with E-state index in [4.69, 9.17) is 9.47 Å². The molecule has 0 atom stereocenters. The molecule has 0 N–H and O–H groups in total. The minimum Gasteiger partial charge on any atom is -0.489 e. The summed E-state index contributed by atoms with van der Waals surface area (Å²) in [5.74, 6) is 1.39. The van der Waals surface area contributed by atoms with Crippen LogP contribution in [0.5, 0.6) is 11.5 Å². The lowest BCUT2D eigenvalue weighted by atomic mass is 10.1. The molecule has 0 radical (unpaired) electrons. The Labute approximate surface area is 216 Å². The van der Waals surface area contributed by atoms with Crippen molar-refractivity contribution in [1.82, 2.24) is 0 Å². The third kappa shape index (κ3) is 8.25. The Bertz CT molecular complexity index is 1190. The van der Waals surface area contributed by atoms with E-state index in [1.165, 1.54) is 17.2 Å². The van der Waals surface area contributed by atoms with Gasteiger partial charge < -0.3 is 9.47 Å². The first-order chi connectivity index (χ1) is 17.0. The van der Waals surface area contributed by atoms with Gasteiger partial charge in [-0.05, 0) is 65.8 Å². The van der Waals surface area contributed by atoms with Gasteiger partial charge in [-0.15, -0.1) is 0 Å². The van der Waals surface area contributed by atoms with Crippen molar-refractivity contribution in [3.63, 3.8) is 0 Å². The molecule has 0 aliphatic carbocycles. The molecule has 2 nitrogen and oxygen atoms in total. The lowest BCUT2D eigenvalue weighted by molar-refractivity contribution is 0.301. The summed E-state index contributed by atoms with van der Waals surface area (Å²) in [4.78, 5) is 0. The Morgan fingerprint density at radius 2 is 1.17 bits per heavy atom. The zero-order chi connectivity index (χ0) is 25.0. The van der Waals surface area contributed by atoms with E-state index in [9.17, 15) is 4.39 Å². The molecule has 0 heterocycles. The molecule has 0 bridgehead atoms. The van der Waals surface area contributed by atoms with Gasteiger partial charge in [0.2, 0.25) is 0 Å². The van der Waals surface area contributed by atoms with E-state index in [-0.39, 0.29) is 5.82 Å². The topological polar surface area (TPSA) is 18.5 Å². The van der Waals surface area contributed by atoms with E-state index < -0.39 is 0 Å². The number of aryl methyl sites for hydroxylation is 3. The number of hydrogen-bond donors (Lipinski definition) is 0. The molecule has 0 amide bonds. The van der Waals surface area contributed by atoms with E-state index >= 15 is 0 Å². The number of halogens is 2. The molecule has 35 heavy (non-hydrogen) atoms. The van der Waals surface area contributed by atoms with Crippen LogP contribution in [0.4, 0.5) is 4.39 Å². The summed E-state index contributed by atoms with van der Waals surface area (Å²) in [6.45, 7) is 7.04. The summed E-state index contributed by atoms with van der Waals surface area (Å²) >= 11 is 3.47. The number of rotatable bonds is 8. The van der Waals surface area contributed by atoms with E-state index in [1.807, 2.05) is 73.7 Å². The van der Waals surface area contributed by atoms with Gasteiger partial charge in [-0.2, -0.15) is 0 Å². The second kappa shape index (κ2) is 13.7. The standard InChI is InChI=1S/C16H17FO.C15H15BrO/c1-3-14-9-12(2)15(17)10-16(14)18-11-13-7-5-4-6-8-13;1-2-13-8-9-14(16)10-15(13)17-11-12-6-4-3-5-7-12/h4-10H,3,11H2,1-2H3;3-10H,2,11H2,1H3. The van der Waals surface area contributed by atoms with E-state index in [1.54, 1.807) is 6.92 Å². The Kier molecular flexibility index (Phi) is 10.4. The van der Waals surface area contributed by atoms with Crippen LogP contribution in [-0.4, -0.2) is 0 Å². The zero-order valence-corrected chi connectivity index (χ0v) is 22.1. The monoisotopic (exact) mass is 534 g/mol. The number of benzene rings is 4. The quantitative estimate of drug-likeness (QED) is 0.224. The van der Waals surface area contributed by atoms with Crippen molar-refractivity contribution in [2.24, 2.45) is 0 Å². The smallest absolute Gasteiger partial charge is 0.129 e. The summed E-state index contributed by atoms with van der Waals surface area (Å²) in [5, 5.41) is 0. The highest BCUT2D eigenvalue weighted by atomic mass is 79.9. The Balaban J connectivity index is 0.000000196. The highest BCUT2D eigenvalue weighted by Crippen LogP contribution is 2.25. The predicted octanol–water partition coefficient (Wildman–Crippen LogP) is 8.87. The van der Waals surface area contributed by atoms with Crippen LogP contribution in [0, 0.1) is 12.7 Å². The van der Waals surface area contributed by atoms with E-state index in [0.29, 0.717) is 24.5 Å². The van der Waals surface area contributed by atoms with E-state index in [0.717, 1.165) is 34.2 Å². The lowest BCUT2D eigenvalue weighted by Crippen LogP contribution is -2.00. The molecule has 0 unspecified atom stereocenters. The Morgan fingerprint density at radius 3 is 1.69 bits per heavy atom. The molecule has 0 aromatic heterocycles. The summed E-state index contributed by atoms with van der Waals surface area (Å²) in [5.41, 5.74) is 5.22. The van der Waals surface area contributed by atoms with Crippen molar-refractivity contribution in [3.8, 4) is 11.5 Å². The van der Waals surface area contributed by atoms with Crippen molar-refractivity contribution >= 4 is 15.9 Å². The van der Waals surface area contributed by atoms with Crippen LogP contribution >= 0.6 is 15.9 Å². The fourth-order valence-corrected chi connectivity index (χ4v) is 3.90. The third-order valence-electron chi connectivity index (χ3n) is 5.61. The summed E-state index contributed by atoms with van der Waals surface area (Å²) < 4.78 is 26.2. The minimum absolute atomic E-state index is 0.213. The lowest BCUT2D eigenvalue weighted by Gasteiger charge is -2.12. The average Bonchev–Trinajstić information content (AvgIpc) is 2.89. The van der Waals surface area contributed by atoms with Gasteiger partial charge in [0.25, 0.3) is 0 Å².